The predicted molar refractivity (Wildman–Crippen MR) is 254 cm³/mol. The lowest BCUT2D eigenvalue weighted by atomic mass is 9.85. The van der Waals surface area contributed by atoms with Crippen LogP contribution >= 0.6 is 15.6 Å². The molecule has 10 N–H and O–H groups in total. The first kappa shape index (κ1) is 63.1. The lowest BCUT2D eigenvalue weighted by molar-refractivity contribution is -0.216. The van der Waals surface area contributed by atoms with Gasteiger partial charge in [-0.2, -0.15) is 0 Å². The number of aliphatic hydroxyl groups excluding tert-OH is 7. The molecule has 1 rings (SSSR count). The Hall–Kier alpha value is -2.94. The molecule has 1 aliphatic rings. The number of carbonyl (C=O) groups is 2. The number of ether oxygens (including phenoxy) is 2. The molecule has 0 amide bonds. The van der Waals surface area contributed by atoms with Gasteiger partial charge in [-0.1, -0.05) is 131 Å². The van der Waals surface area contributed by atoms with Crippen molar-refractivity contribution in [3.63, 3.8) is 0 Å². The first-order valence-electron chi connectivity index (χ1n) is 23.5. The molecule has 0 aromatic heterocycles. The van der Waals surface area contributed by atoms with E-state index in [1.165, 1.54) is 31.4 Å². The lowest BCUT2D eigenvalue weighted by Crippen LogP contribution is -2.64. The molecule has 0 radical (unpaired) electrons. The maximum absolute atomic E-state index is 13.0. The molecule has 1 saturated carbocycles. The third-order valence-electron chi connectivity index (χ3n) is 10.3. The molecule has 11 atom stereocenters. The van der Waals surface area contributed by atoms with E-state index in [4.69, 9.17) is 28.3 Å². The van der Waals surface area contributed by atoms with Gasteiger partial charge in [0.1, 0.15) is 43.2 Å². The Morgan fingerprint density at radius 2 is 1.10 bits per heavy atom. The van der Waals surface area contributed by atoms with Gasteiger partial charge >= 0.3 is 27.6 Å². The van der Waals surface area contributed by atoms with E-state index in [0.717, 1.165) is 38.5 Å². The van der Waals surface area contributed by atoms with Crippen molar-refractivity contribution in [2.45, 2.75) is 184 Å². The number of aliphatic hydroxyl groups is 7. The van der Waals surface area contributed by atoms with E-state index in [1.54, 1.807) is 36.5 Å². The van der Waals surface area contributed by atoms with Crippen LogP contribution in [0.25, 0.3) is 0 Å². The van der Waals surface area contributed by atoms with E-state index in [1.807, 2.05) is 12.2 Å². The maximum atomic E-state index is 13.0. The summed E-state index contributed by atoms with van der Waals surface area (Å²) in [5.74, 6) is -1.59. The maximum Gasteiger partial charge on any atom is 0.472 e. The third-order valence-corrected chi connectivity index (χ3v) is 11.8. The molecule has 5 unspecified atom stereocenters. The standard InChI is InChI=1S/C47H78O19P2/c1-3-5-7-8-9-10-11-12-13-14-15-16-17-22-26-32-41(52)64-37(35-63-68(60,61)66-47-44(55)42(53)43(54)46(45(47)56)65-67(57,58)59)34-62-40(51)33-27-31-39(50)38(49)30-25-21-19-18-20-24-29-36(48)28-23-6-4-2/h9-10,12-13,15-16,18-21,24-25,29-30,36-39,42-50,53-56H,3-8,11,14,17,22-23,26-28,31-35H2,1-2H3,(H,60,61)(H2,57,58,59)/b10-9-,13-12-,16-15-,20-18-,21-19+,29-24+,30-25+/t36-,37-,38-,39-,42?,43?,44?,45?,46-,47+/m1/s1. The Morgan fingerprint density at radius 3 is 1.71 bits per heavy atom. The normalized spacial score (nSPS) is 23.4. The van der Waals surface area contributed by atoms with Crippen molar-refractivity contribution in [1.82, 2.24) is 0 Å². The highest BCUT2D eigenvalue weighted by atomic mass is 31.2. The second kappa shape index (κ2) is 36.9. The number of phosphoric acid groups is 2. The quantitative estimate of drug-likeness (QED) is 0.0120. The number of allylic oxidation sites excluding steroid dienone is 12. The summed E-state index contributed by atoms with van der Waals surface area (Å²) in [5.41, 5.74) is 0. The Balaban J connectivity index is 2.78. The average Bonchev–Trinajstić information content (AvgIpc) is 3.28. The first-order valence-corrected chi connectivity index (χ1v) is 26.5. The smallest absolute Gasteiger partial charge is 0.462 e. The minimum Gasteiger partial charge on any atom is -0.462 e. The summed E-state index contributed by atoms with van der Waals surface area (Å²) in [6.07, 6.45) is 18.9. The molecule has 0 spiro atoms. The molecule has 0 aromatic rings. The number of esters is 2. The molecule has 0 bridgehead atoms. The molecule has 1 fully saturated rings. The summed E-state index contributed by atoms with van der Waals surface area (Å²) >= 11 is 0. The van der Waals surface area contributed by atoms with Crippen LogP contribution in [-0.2, 0) is 41.8 Å². The molecule has 1 aliphatic carbocycles. The van der Waals surface area contributed by atoms with Gasteiger partial charge in [0.2, 0.25) is 0 Å². The third kappa shape index (κ3) is 30.6. The van der Waals surface area contributed by atoms with Crippen LogP contribution in [0.5, 0.6) is 0 Å². The van der Waals surface area contributed by atoms with E-state index in [2.05, 4.69) is 42.7 Å². The predicted octanol–water partition coefficient (Wildman–Crippen LogP) is 5.53. The van der Waals surface area contributed by atoms with Gasteiger partial charge in [0.25, 0.3) is 0 Å². The van der Waals surface area contributed by atoms with Crippen LogP contribution in [0.1, 0.15) is 123 Å². The number of hydrogen-bond acceptors (Lipinski definition) is 16. The monoisotopic (exact) mass is 1010 g/mol. The second-order valence-electron chi connectivity index (χ2n) is 16.3. The SMILES string of the molecule is CCCCC/C=C\C/C=C\C/C=C\CCCCC(=O)O[C@H](COC(=O)CCC[C@@H](O)[C@H](O)/C=C/C=C/C=C\C=C\[C@H](O)CCCCC)COP(=O)(O)O[C@H]1C(O)C(O)C(O)[C@@H](OP(=O)(O)O)C1O. The van der Waals surface area contributed by atoms with Crippen LogP contribution in [0.2, 0.25) is 0 Å². The van der Waals surface area contributed by atoms with Crippen molar-refractivity contribution in [2.75, 3.05) is 13.2 Å². The summed E-state index contributed by atoms with van der Waals surface area (Å²) < 4.78 is 49.0. The molecule has 390 valence electrons. The topological polar surface area (TPSA) is 317 Å². The largest absolute Gasteiger partial charge is 0.472 e. The molecule has 68 heavy (non-hydrogen) atoms. The molecule has 0 saturated heterocycles. The van der Waals surface area contributed by atoms with Gasteiger partial charge in [-0.25, -0.2) is 9.13 Å². The van der Waals surface area contributed by atoms with E-state index in [9.17, 15) is 59.4 Å². The number of rotatable bonds is 37. The molecule has 0 aliphatic heterocycles. The number of phosphoric ester groups is 2. The molecule has 19 nitrogen and oxygen atoms in total. The Kier molecular flexibility index (Phi) is 34.3. The van der Waals surface area contributed by atoms with Crippen molar-refractivity contribution in [3.05, 3.63) is 85.1 Å². The summed E-state index contributed by atoms with van der Waals surface area (Å²) in [4.78, 5) is 54.3. The van der Waals surface area contributed by atoms with Crippen molar-refractivity contribution >= 4 is 27.6 Å². The van der Waals surface area contributed by atoms with E-state index in [-0.39, 0.29) is 25.7 Å². The highest BCUT2D eigenvalue weighted by Crippen LogP contribution is 2.49. The molecule has 0 aromatic carbocycles. The van der Waals surface area contributed by atoms with Crippen LogP contribution < -0.4 is 0 Å². The van der Waals surface area contributed by atoms with E-state index >= 15 is 0 Å². The van der Waals surface area contributed by atoms with Crippen molar-refractivity contribution in [1.29, 1.82) is 0 Å². The Bertz CT molecular complexity index is 1690. The van der Waals surface area contributed by atoms with Crippen LogP contribution in [-0.4, -0.2) is 137 Å². The van der Waals surface area contributed by atoms with Gasteiger partial charge in [0.15, 0.2) is 6.10 Å². The number of hydrogen-bond donors (Lipinski definition) is 10. The van der Waals surface area contributed by atoms with Crippen LogP contribution in [0, 0.1) is 0 Å². The van der Waals surface area contributed by atoms with Crippen molar-refractivity contribution < 1.29 is 92.2 Å². The second-order valence-corrected chi connectivity index (χ2v) is 18.9. The minimum atomic E-state index is -5.41. The highest BCUT2D eigenvalue weighted by molar-refractivity contribution is 7.47. The minimum absolute atomic E-state index is 0.00441. The summed E-state index contributed by atoms with van der Waals surface area (Å²) in [6, 6.07) is 0. The zero-order valence-corrected chi connectivity index (χ0v) is 41.1. The fourth-order valence-corrected chi connectivity index (χ4v) is 8.01. The van der Waals surface area contributed by atoms with Gasteiger partial charge in [0, 0.05) is 12.8 Å². The van der Waals surface area contributed by atoms with Gasteiger partial charge in [0.05, 0.1) is 24.9 Å². The van der Waals surface area contributed by atoms with Crippen LogP contribution in [0.3, 0.4) is 0 Å². The molecular formula is C47H78O19P2. The van der Waals surface area contributed by atoms with Crippen LogP contribution in [0.15, 0.2) is 85.1 Å². The zero-order valence-electron chi connectivity index (χ0n) is 39.3. The summed E-state index contributed by atoms with van der Waals surface area (Å²) in [7, 11) is -10.8. The zero-order chi connectivity index (χ0) is 50.8. The molecule has 21 heteroatoms. The van der Waals surface area contributed by atoms with Gasteiger partial charge in [-0.3, -0.25) is 23.2 Å². The van der Waals surface area contributed by atoms with Gasteiger partial charge in [-0.05, 0) is 64.2 Å². The van der Waals surface area contributed by atoms with Crippen molar-refractivity contribution in [3.8, 4) is 0 Å². The van der Waals surface area contributed by atoms with E-state index < -0.39 is 102 Å². The highest BCUT2D eigenvalue weighted by Gasteiger charge is 2.54. The molecule has 0 heterocycles. The fraction of sp³-hybridized carbons (Fsp3) is 0.660. The Labute approximate surface area is 401 Å². The van der Waals surface area contributed by atoms with E-state index in [0.29, 0.717) is 25.7 Å². The fourth-order valence-electron chi connectivity index (χ4n) is 6.47. The number of unbranched alkanes of at least 4 members (excludes halogenated alkanes) is 7. The van der Waals surface area contributed by atoms with Gasteiger partial charge < -0.3 is 59.9 Å². The van der Waals surface area contributed by atoms with Crippen molar-refractivity contribution in [2.24, 2.45) is 0 Å². The Morgan fingerprint density at radius 1 is 0.574 bits per heavy atom. The lowest BCUT2D eigenvalue weighted by Gasteiger charge is -2.43. The average molecular weight is 1010 g/mol. The van der Waals surface area contributed by atoms with Gasteiger partial charge in [-0.15, -0.1) is 0 Å². The first-order chi connectivity index (χ1) is 32.3. The van der Waals surface area contributed by atoms with Crippen LogP contribution in [0.4, 0.5) is 0 Å². The summed E-state index contributed by atoms with van der Waals surface area (Å²) in [5, 5.41) is 71.8. The number of carbonyl (C=O) groups excluding carboxylic acids is 2. The summed E-state index contributed by atoms with van der Waals surface area (Å²) in [6.45, 7) is 2.63. The molecular weight excluding hydrogens is 930 g/mol.